The van der Waals surface area contributed by atoms with Gasteiger partial charge in [0.15, 0.2) is 5.76 Å². The second-order valence-electron chi connectivity index (χ2n) is 4.47. The van der Waals surface area contributed by atoms with Gasteiger partial charge >= 0.3 is 6.09 Å². The SMILES string of the molecule is Cc1noc(-c2ccc(NS(C)(=O)=O)c(Cl)c2)c1NC(=O)O. The van der Waals surface area contributed by atoms with Crippen LogP contribution in [0.4, 0.5) is 16.2 Å². The molecule has 0 spiro atoms. The normalized spacial score (nSPS) is 11.2. The molecule has 0 fully saturated rings. The molecule has 1 aromatic carbocycles. The van der Waals surface area contributed by atoms with E-state index >= 15 is 0 Å². The number of halogens is 1. The molecule has 2 rings (SSSR count). The lowest BCUT2D eigenvalue weighted by Crippen LogP contribution is -2.10. The molecular formula is C12H12ClN3O5S. The van der Waals surface area contributed by atoms with Gasteiger partial charge in [-0.25, -0.2) is 13.2 Å². The van der Waals surface area contributed by atoms with E-state index in [4.69, 9.17) is 21.2 Å². The first kappa shape index (κ1) is 16.1. The molecule has 0 radical (unpaired) electrons. The first-order chi connectivity index (χ1) is 10.2. The van der Waals surface area contributed by atoms with Gasteiger partial charge in [0.1, 0.15) is 11.4 Å². The van der Waals surface area contributed by atoms with Crippen LogP contribution in [0.5, 0.6) is 0 Å². The fourth-order valence-corrected chi connectivity index (χ4v) is 2.62. The number of carboxylic acid groups (broad SMARTS) is 1. The van der Waals surface area contributed by atoms with Crippen molar-refractivity contribution in [1.82, 2.24) is 5.16 Å². The van der Waals surface area contributed by atoms with Crippen LogP contribution in [-0.2, 0) is 10.0 Å². The molecule has 8 nitrogen and oxygen atoms in total. The summed E-state index contributed by atoms with van der Waals surface area (Å²) >= 11 is 6.02. The molecule has 22 heavy (non-hydrogen) atoms. The average Bonchev–Trinajstić information content (AvgIpc) is 2.72. The van der Waals surface area contributed by atoms with E-state index in [9.17, 15) is 13.2 Å². The van der Waals surface area contributed by atoms with Crippen molar-refractivity contribution < 1.29 is 22.8 Å². The molecule has 1 aromatic heterocycles. The second kappa shape index (κ2) is 5.85. The van der Waals surface area contributed by atoms with Crippen LogP contribution < -0.4 is 10.0 Å². The van der Waals surface area contributed by atoms with Gasteiger partial charge in [0.25, 0.3) is 0 Å². The maximum absolute atomic E-state index is 11.2. The monoisotopic (exact) mass is 345 g/mol. The molecule has 3 N–H and O–H groups in total. The van der Waals surface area contributed by atoms with Crippen molar-refractivity contribution >= 4 is 39.1 Å². The summed E-state index contributed by atoms with van der Waals surface area (Å²) in [6.45, 7) is 1.58. The topological polar surface area (TPSA) is 122 Å². The van der Waals surface area contributed by atoms with Gasteiger partial charge in [0.2, 0.25) is 10.0 Å². The van der Waals surface area contributed by atoms with Crippen LogP contribution in [0.15, 0.2) is 22.7 Å². The first-order valence-corrected chi connectivity index (χ1v) is 8.18. The fraction of sp³-hybridized carbons (Fsp3) is 0.167. The lowest BCUT2D eigenvalue weighted by molar-refractivity contribution is 0.209. The Kier molecular flexibility index (Phi) is 4.29. The molecule has 0 aliphatic carbocycles. The van der Waals surface area contributed by atoms with Gasteiger partial charge < -0.3 is 9.63 Å². The number of aromatic nitrogens is 1. The zero-order valence-corrected chi connectivity index (χ0v) is 13.1. The number of rotatable bonds is 4. The zero-order valence-electron chi connectivity index (χ0n) is 11.5. The highest BCUT2D eigenvalue weighted by Gasteiger charge is 2.18. The lowest BCUT2D eigenvalue weighted by atomic mass is 10.1. The molecular weight excluding hydrogens is 334 g/mol. The third-order valence-corrected chi connectivity index (χ3v) is 3.52. The largest absolute Gasteiger partial charge is 0.465 e. The van der Waals surface area contributed by atoms with Gasteiger partial charge in [0.05, 0.1) is 17.0 Å². The third kappa shape index (κ3) is 3.68. The first-order valence-electron chi connectivity index (χ1n) is 5.91. The minimum Gasteiger partial charge on any atom is -0.465 e. The van der Waals surface area contributed by atoms with Crippen molar-refractivity contribution in [2.45, 2.75) is 6.92 Å². The third-order valence-electron chi connectivity index (χ3n) is 2.62. The van der Waals surface area contributed by atoms with Gasteiger partial charge in [-0.3, -0.25) is 10.0 Å². The molecule has 1 amide bonds. The Labute approximate surface area is 131 Å². The summed E-state index contributed by atoms with van der Waals surface area (Å²) in [4.78, 5) is 10.8. The zero-order chi connectivity index (χ0) is 16.5. The number of nitrogens with zero attached hydrogens (tertiary/aromatic N) is 1. The van der Waals surface area contributed by atoms with Crippen LogP contribution >= 0.6 is 11.6 Å². The summed E-state index contributed by atoms with van der Waals surface area (Å²) in [5.74, 6) is 0.188. The summed E-state index contributed by atoms with van der Waals surface area (Å²) in [7, 11) is -3.46. The maximum Gasteiger partial charge on any atom is 0.409 e. The van der Waals surface area contributed by atoms with Gasteiger partial charge in [-0.15, -0.1) is 0 Å². The quantitative estimate of drug-likeness (QED) is 0.783. The van der Waals surface area contributed by atoms with Crippen LogP contribution in [-0.4, -0.2) is 31.0 Å². The molecule has 0 atom stereocenters. The Morgan fingerprint density at radius 1 is 1.41 bits per heavy atom. The number of nitrogens with one attached hydrogen (secondary N) is 2. The average molecular weight is 346 g/mol. The number of carbonyl (C=O) groups is 1. The summed E-state index contributed by atoms with van der Waals surface area (Å²) in [6, 6.07) is 4.43. The summed E-state index contributed by atoms with van der Waals surface area (Å²) < 4.78 is 29.8. The fourth-order valence-electron chi connectivity index (χ4n) is 1.76. The van der Waals surface area contributed by atoms with Gasteiger partial charge in [-0.2, -0.15) is 0 Å². The number of benzene rings is 1. The van der Waals surface area contributed by atoms with Crippen molar-refractivity contribution in [3.63, 3.8) is 0 Å². The van der Waals surface area contributed by atoms with Crippen molar-refractivity contribution in [2.24, 2.45) is 0 Å². The van der Waals surface area contributed by atoms with Crippen molar-refractivity contribution in [3.05, 3.63) is 28.9 Å². The number of aryl methyl sites for hydroxylation is 1. The molecule has 0 bridgehead atoms. The summed E-state index contributed by atoms with van der Waals surface area (Å²) in [6.07, 6.45) is -0.250. The van der Waals surface area contributed by atoms with E-state index in [2.05, 4.69) is 15.2 Å². The maximum atomic E-state index is 11.2. The van der Waals surface area contributed by atoms with E-state index in [1.807, 2.05) is 0 Å². The van der Waals surface area contributed by atoms with E-state index < -0.39 is 16.1 Å². The molecule has 10 heteroatoms. The van der Waals surface area contributed by atoms with E-state index in [1.165, 1.54) is 18.2 Å². The van der Waals surface area contributed by atoms with Crippen molar-refractivity contribution in [1.29, 1.82) is 0 Å². The number of hydrogen-bond acceptors (Lipinski definition) is 5. The Morgan fingerprint density at radius 3 is 2.64 bits per heavy atom. The molecule has 0 saturated heterocycles. The molecule has 0 aliphatic heterocycles. The summed E-state index contributed by atoms with van der Waals surface area (Å²) in [5.41, 5.74) is 1.23. The van der Waals surface area contributed by atoms with Crippen LogP contribution in [0.25, 0.3) is 11.3 Å². The number of anilines is 2. The van der Waals surface area contributed by atoms with Crippen LogP contribution in [0.2, 0.25) is 5.02 Å². The predicted octanol–water partition coefficient (Wildman–Crippen LogP) is 2.76. The smallest absolute Gasteiger partial charge is 0.409 e. The highest BCUT2D eigenvalue weighted by atomic mass is 35.5. The van der Waals surface area contributed by atoms with Crippen LogP contribution in [0.1, 0.15) is 5.69 Å². The van der Waals surface area contributed by atoms with Gasteiger partial charge in [-0.1, -0.05) is 16.8 Å². The van der Waals surface area contributed by atoms with E-state index in [0.29, 0.717) is 11.3 Å². The Bertz CT molecular complexity index is 831. The van der Waals surface area contributed by atoms with Crippen LogP contribution in [0.3, 0.4) is 0 Å². The molecule has 118 valence electrons. The predicted molar refractivity (Wildman–Crippen MR) is 81.8 cm³/mol. The van der Waals surface area contributed by atoms with E-state index in [1.54, 1.807) is 6.92 Å². The standard InChI is InChI=1S/C12H12ClN3O5S/c1-6-10(14-12(17)18)11(21-15-6)7-3-4-9(8(13)5-7)16-22(2,19)20/h3-5,14,16H,1-2H3,(H,17,18). The molecule has 0 unspecified atom stereocenters. The Morgan fingerprint density at radius 2 is 2.09 bits per heavy atom. The highest BCUT2D eigenvalue weighted by molar-refractivity contribution is 7.92. The van der Waals surface area contributed by atoms with Gasteiger partial charge in [0, 0.05) is 5.56 Å². The Hall–Kier alpha value is -2.26. The van der Waals surface area contributed by atoms with Crippen molar-refractivity contribution in [3.8, 4) is 11.3 Å². The molecule has 2 aromatic rings. The van der Waals surface area contributed by atoms with E-state index in [-0.39, 0.29) is 22.2 Å². The molecule has 0 aliphatic rings. The minimum absolute atomic E-state index is 0.137. The van der Waals surface area contributed by atoms with Crippen LogP contribution in [0, 0.1) is 6.92 Å². The molecule has 1 heterocycles. The number of hydrogen-bond donors (Lipinski definition) is 3. The lowest BCUT2D eigenvalue weighted by Gasteiger charge is -2.08. The molecule has 0 saturated carbocycles. The highest BCUT2D eigenvalue weighted by Crippen LogP contribution is 2.34. The minimum atomic E-state index is -3.46. The summed E-state index contributed by atoms with van der Waals surface area (Å²) in [5, 5.41) is 14.9. The Balaban J connectivity index is 2.43. The second-order valence-corrected chi connectivity index (χ2v) is 6.63. The number of amides is 1. The van der Waals surface area contributed by atoms with E-state index in [0.717, 1.165) is 6.26 Å². The number of sulfonamides is 1. The van der Waals surface area contributed by atoms with Gasteiger partial charge in [-0.05, 0) is 25.1 Å². The van der Waals surface area contributed by atoms with Crippen molar-refractivity contribution in [2.75, 3.05) is 16.3 Å².